The highest BCUT2D eigenvalue weighted by Gasteiger charge is 2.36. The Kier molecular flexibility index (Phi) is 5.13. The van der Waals surface area contributed by atoms with E-state index >= 15 is 0 Å². The number of carbonyl (C=O) groups excluding carboxylic acids is 2. The van der Waals surface area contributed by atoms with Gasteiger partial charge in [0.05, 0.1) is 24.8 Å². The van der Waals surface area contributed by atoms with E-state index in [9.17, 15) is 9.59 Å². The van der Waals surface area contributed by atoms with E-state index in [4.69, 9.17) is 14.2 Å². The van der Waals surface area contributed by atoms with Crippen molar-refractivity contribution in [3.05, 3.63) is 24.3 Å². The van der Waals surface area contributed by atoms with Gasteiger partial charge in [-0.1, -0.05) is 12.1 Å². The summed E-state index contributed by atoms with van der Waals surface area (Å²) in [5, 5.41) is 0. The largest absolute Gasteiger partial charge is 0.489 e. The number of hydrogen-bond acceptors (Lipinski definition) is 5. The molecule has 1 heterocycles. The lowest BCUT2D eigenvalue weighted by Gasteiger charge is -2.37. The summed E-state index contributed by atoms with van der Waals surface area (Å²) < 4.78 is 16.1. The molecule has 1 aromatic carbocycles. The van der Waals surface area contributed by atoms with E-state index < -0.39 is 17.7 Å². The van der Waals surface area contributed by atoms with Gasteiger partial charge in [-0.05, 0) is 39.8 Å². The van der Waals surface area contributed by atoms with E-state index in [1.807, 2.05) is 12.1 Å². The van der Waals surface area contributed by atoms with Crippen LogP contribution in [0.3, 0.4) is 0 Å². The molecule has 6 heteroatoms. The van der Waals surface area contributed by atoms with E-state index in [0.717, 1.165) is 0 Å². The Hall–Kier alpha value is -2.24. The zero-order chi connectivity index (χ0) is 17.0. The molecule has 23 heavy (non-hydrogen) atoms. The Morgan fingerprint density at radius 2 is 2.00 bits per heavy atom. The van der Waals surface area contributed by atoms with E-state index in [2.05, 4.69) is 0 Å². The highest BCUT2D eigenvalue weighted by molar-refractivity contribution is 5.92. The molecule has 126 valence electrons. The molecule has 0 saturated heterocycles. The molecule has 0 N–H and O–H groups in total. The maximum absolute atomic E-state index is 12.6. The Morgan fingerprint density at radius 3 is 2.65 bits per heavy atom. The lowest BCUT2D eigenvalue weighted by molar-refractivity contribution is -0.143. The molecule has 0 radical (unpaired) electrons. The fourth-order valence-corrected chi connectivity index (χ4v) is 2.36. The fraction of sp³-hybridized carbons (Fsp3) is 0.529. The summed E-state index contributed by atoms with van der Waals surface area (Å²) in [5.41, 5.74) is -0.0268. The molecule has 0 saturated carbocycles. The predicted octanol–water partition coefficient (Wildman–Crippen LogP) is 3.14. The molecular weight excluding hydrogens is 298 g/mol. The normalized spacial score (nSPS) is 17.0. The molecular formula is C17H23NO5. The van der Waals surface area contributed by atoms with Crippen LogP contribution >= 0.6 is 0 Å². The topological polar surface area (TPSA) is 65.1 Å². The molecule has 0 aliphatic carbocycles. The van der Waals surface area contributed by atoms with Gasteiger partial charge in [0.15, 0.2) is 0 Å². The van der Waals surface area contributed by atoms with E-state index in [0.29, 0.717) is 18.0 Å². The van der Waals surface area contributed by atoms with Crippen molar-refractivity contribution in [3.63, 3.8) is 0 Å². The number of para-hydroxylation sites is 2. The molecule has 0 fully saturated rings. The van der Waals surface area contributed by atoms with Gasteiger partial charge in [0.25, 0.3) is 0 Å². The number of amides is 1. The van der Waals surface area contributed by atoms with Gasteiger partial charge >= 0.3 is 12.1 Å². The standard InChI is InChI=1S/C17H23NO5/c1-5-21-15(19)10-12-11-22-14-9-7-6-8-13(14)18(12)16(20)23-17(2,3)4/h6-9,12H,5,10-11H2,1-4H3. The lowest BCUT2D eigenvalue weighted by Crippen LogP contribution is -2.49. The summed E-state index contributed by atoms with van der Waals surface area (Å²) in [6.45, 7) is 7.67. The maximum Gasteiger partial charge on any atom is 0.415 e. The molecule has 1 atom stereocenters. The molecule has 6 nitrogen and oxygen atoms in total. The second kappa shape index (κ2) is 6.89. The smallest absolute Gasteiger partial charge is 0.415 e. The summed E-state index contributed by atoms with van der Waals surface area (Å²) >= 11 is 0. The number of carbonyl (C=O) groups is 2. The van der Waals surface area contributed by atoms with Crippen molar-refractivity contribution in [2.24, 2.45) is 0 Å². The Bertz CT molecular complexity index is 579. The van der Waals surface area contributed by atoms with Gasteiger partial charge in [0.1, 0.15) is 18.0 Å². The average Bonchev–Trinajstić information content (AvgIpc) is 2.45. The van der Waals surface area contributed by atoms with Crippen LogP contribution in [0, 0.1) is 0 Å². The first-order chi connectivity index (χ1) is 10.8. The van der Waals surface area contributed by atoms with Gasteiger partial charge < -0.3 is 14.2 Å². The number of ether oxygens (including phenoxy) is 3. The van der Waals surface area contributed by atoms with Crippen molar-refractivity contribution >= 4 is 17.7 Å². The molecule has 1 amide bonds. The van der Waals surface area contributed by atoms with Crippen LogP contribution in [0.1, 0.15) is 34.1 Å². The number of esters is 1. The zero-order valence-corrected chi connectivity index (χ0v) is 14.0. The van der Waals surface area contributed by atoms with E-state index in [-0.39, 0.29) is 19.0 Å². The van der Waals surface area contributed by atoms with Crippen molar-refractivity contribution < 1.29 is 23.8 Å². The molecule has 0 aromatic heterocycles. The van der Waals surface area contributed by atoms with Crippen LogP contribution in [0.25, 0.3) is 0 Å². The summed E-state index contributed by atoms with van der Waals surface area (Å²) in [5.74, 6) is 0.229. The van der Waals surface area contributed by atoms with Crippen LogP contribution in [0.5, 0.6) is 5.75 Å². The van der Waals surface area contributed by atoms with Gasteiger partial charge in [-0.2, -0.15) is 0 Å². The molecule has 1 aromatic rings. The predicted molar refractivity (Wildman–Crippen MR) is 85.7 cm³/mol. The first-order valence-corrected chi connectivity index (χ1v) is 7.71. The quantitative estimate of drug-likeness (QED) is 0.800. The highest BCUT2D eigenvalue weighted by atomic mass is 16.6. The molecule has 0 spiro atoms. The van der Waals surface area contributed by atoms with Crippen molar-refractivity contribution in [2.45, 2.75) is 45.8 Å². The minimum atomic E-state index is -0.626. The van der Waals surface area contributed by atoms with E-state index in [1.54, 1.807) is 39.8 Å². The summed E-state index contributed by atoms with van der Waals surface area (Å²) in [7, 11) is 0. The monoisotopic (exact) mass is 321 g/mol. The van der Waals surface area contributed by atoms with Gasteiger partial charge in [0, 0.05) is 0 Å². The molecule has 1 aliphatic heterocycles. The number of anilines is 1. The van der Waals surface area contributed by atoms with Crippen molar-refractivity contribution in [1.29, 1.82) is 0 Å². The third-order valence-corrected chi connectivity index (χ3v) is 3.22. The Balaban J connectivity index is 2.28. The van der Waals surface area contributed by atoms with Gasteiger partial charge in [0.2, 0.25) is 0 Å². The minimum Gasteiger partial charge on any atom is -0.489 e. The first kappa shape index (κ1) is 17.1. The minimum absolute atomic E-state index is 0.0570. The van der Waals surface area contributed by atoms with Crippen molar-refractivity contribution in [3.8, 4) is 5.75 Å². The second-order valence-electron chi connectivity index (χ2n) is 6.29. The summed E-state index contributed by atoms with van der Waals surface area (Å²) in [4.78, 5) is 25.9. The number of nitrogens with zero attached hydrogens (tertiary/aromatic N) is 1. The van der Waals surface area contributed by atoms with Gasteiger partial charge in [-0.3, -0.25) is 9.69 Å². The van der Waals surface area contributed by atoms with Crippen LogP contribution in [0.2, 0.25) is 0 Å². The number of hydrogen-bond donors (Lipinski definition) is 0. The third-order valence-electron chi connectivity index (χ3n) is 3.22. The van der Waals surface area contributed by atoms with Gasteiger partial charge in [-0.15, -0.1) is 0 Å². The summed E-state index contributed by atoms with van der Waals surface area (Å²) in [6.07, 6.45) is -0.441. The van der Waals surface area contributed by atoms with Crippen LogP contribution in [-0.2, 0) is 14.3 Å². The van der Waals surface area contributed by atoms with Crippen LogP contribution in [0.15, 0.2) is 24.3 Å². The number of fused-ring (bicyclic) bond motifs is 1. The van der Waals surface area contributed by atoms with E-state index in [1.165, 1.54) is 4.90 Å². The molecule has 1 aliphatic rings. The van der Waals surface area contributed by atoms with Gasteiger partial charge in [-0.25, -0.2) is 4.79 Å². The number of rotatable bonds is 3. The van der Waals surface area contributed by atoms with Crippen LogP contribution in [-0.4, -0.2) is 36.9 Å². The first-order valence-electron chi connectivity index (χ1n) is 7.71. The zero-order valence-electron chi connectivity index (χ0n) is 14.0. The summed E-state index contributed by atoms with van der Waals surface area (Å²) in [6, 6.07) is 6.74. The molecule has 0 bridgehead atoms. The highest BCUT2D eigenvalue weighted by Crippen LogP contribution is 2.35. The Labute approximate surface area is 136 Å². The lowest BCUT2D eigenvalue weighted by atomic mass is 10.1. The van der Waals surface area contributed by atoms with Crippen molar-refractivity contribution in [2.75, 3.05) is 18.1 Å². The third kappa shape index (κ3) is 4.37. The maximum atomic E-state index is 12.6. The molecule has 2 rings (SSSR count). The Morgan fingerprint density at radius 1 is 1.30 bits per heavy atom. The SMILES string of the molecule is CCOC(=O)CC1COc2ccccc2N1C(=O)OC(C)(C)C. The second-order valence-corrected chi connectivity index (χ2v) is 6.29. The van der Waals surface area contributed by atoms with Crippen molar-refractivity contribution in [1.82, 2.24) is 0 Å². The van der Waals surface area contributed by atoms with Crippen LogP contribution in [0.4, 0.5) is 10.5 Å². The fourth-order valence-electron chi connectivity index (χ4n) is 2.36. The molecule has 1 unspecified atom stereocenters. The number of benzene rings is 1. The average molecular weight is 321 g/mol. The van der Waals surface area contributed by atoms with Crippen LogP contribution < -0.4 is 9.64 Å².